The summed E-state index contributed by atoms with van der Waals surface area (Å²) in [4.78, 5) is 16.3. The van der Waals surface area contributed by atoms with Crippen LogP contribution in [0, 0.1) is 5.41 Å². The van der Waals surface area contributed by atoms with Crippen molar-refractivity contribution in [1.29, 1.82) is 0 Å². The van der Waals surface area contributed by atoms with E-state index in [0.29, 0.717) is 31.0 Å². The first kappa shape index (κ1) is 16.2. The summed E-state index contributed by atoms with van der Waals surface area (Å²) < 4.78 is 26.7. The third-order valence-corrected chi connectivity index (χ3v) is 5.83. The standard InChI is InChI=1S/C15H22N4O3S/c1-15(2)10-19(6-5-12(15)16)14(20)11-3-4-13-17-23(21,22)8-7-18(13)9-11/h3-4,9,12H,5-8,10,16H2,1-2H3. The molecule has 3 rings (SSSR count). The van der Waals surface area contributed by atoms with Crippen LogP contribution in [0.1, 0.15) is 20.3 Å². The maximum atomic E-state index is 12.7. The molecule has 3 heterocycles. The Morgan fingerprint density at radius 2 is 2.09 bits per heavy atom. The van der Waals surface area contributed by atoms with Crippen molar-refractivity contribution < 1.29 is 13.2 Å². The number of sulfonamides is 1. The number of amidine groups is 1. The Balaban J connectivity index is 1.78. The molecule has 1 atom stereocenters. The van der Waals surface area contributed by atoms with Crippen LogP contribution in [0.25, 0.3) is 0 Å². The predicted molar refractivity (Wildman–Crippen MR) is 88.1 cm³/mol. The average Bonchev–Trinajstić information content (AvgIpc) is 2.48. The van der Waals surface area contributed by atoms with Gasteiger partial charge in [0.2, 0.25) is 0 Å². The van der Waals surface area contributed by atoms with Gasteiger partial charge in [0.05, 0.1) is 11.3 Å². The Bertz CT molecular complexity index is 721. The monoisotopic (exact) mass is 338 g/mol. The smallest absolute Gasteiger partial charge is 0.256 e. The van der Waals surface area contributed by atoms with Gasteiger partial charge in [-0.3, -0.25) is 4.79 Å². The van der Waals surface area contributed by atoms with Crippen molar-refractivity contribution in [2.45, 2.75) is 26.3 Å². The van der Waals surface area contributed by atoms with Crippen molar-refractivity contribution in [3.05, 3.63) is 23.9 Å². The molecule has 0 saturated carbocycles. The Kier molecular flexibility index (Phi) is 3.84. The molecule has 2 N–H and O–H groups in total. The van der Waals surface area contributed by atoms with Crippen LogP contribution in [0.15, 0.2) is 28.3 Å². The van der Waals surface area contributed by atoms with E-state index in [1.54, 1.807) is 23.3 Å². The van der Waals surface area contributed by atoms with E-state index < -0.39 is 10.0 Å². The van der Waals surface area contributed by atoms with E-state index in [1.165, 1.54) is 0 Å². The van der Waals surface area contributed by atoms with Crippen molar-refractivity contribution in [1.82, 2.24) is 9.80 Å². The number of carbonyl (C=O) groups is 1. The quantitative estimate of drug-likeness (QED) is 0.730. The molecule has 126 valence electrons. The number of piperidine rings is 1. The highest BCUT2D eigenvalue weighted by Gasteiger charge is 2.36. The first-order valence-electron chi connectivity index (χ1n) is 7.72. The zero-order valence-electron chi connectivity index (χ0n) is 13.4. The fourth-order valence-electron chi connectivity index (χ4n) is 3.06. The van der Waals surface area contributed by atoms with Crippen LogP contribution in [0.5, 0.6) is 0 Å². The summed E-state index contributed by atoms with van der Waals surface area (Å²) in [7, 11) is -3.38. The van der Waals surface area contributed by atoms with Crippen LogP contribution in [0.4, 0.5) is 0 Å². The molecule has 0 aromatic carbocycles. The third kappa shape index (κ3) is 3.18. The van der Waals surface area contributed by atoms with Crippen LogP contribution in [-0.4, -0.2) is 61.4 Å². The highest BCUT2D eigenvalue weighted by molar-refractivity contribution is 7.90. The van der Waals surface area contributed by atoms with E-state index >= 15 is 0 Å². The number of fused-ring (bicyclic) bond motifs is 1. The maximum absolute atomic E-state index is 12.7. The first-order chi connectivity index (χ1) is 10.7. The van der Waals surface area contributed by atoms with Gasteiger partial charge in [-0.15, -0.1) is 4.40 Å². The molecule has 8 heteroatoms. The van der Waals surface area contributed by atoms with E-state index in [2.05, 4.69) is 18.2 Å². The lowest BCUT2D eigenvalue weighted by atomic mass is 9.79. The summed E-state index contributed by atoms with van der Waals surface area (Å²) in [6, 6.07) is 0.0912. The van der Waals surface area contributed by atoms with E-state index in [-0.39, 0.29) is 23.1 Å². The minimum absolute atomic E-state index is 0.0338. The number of likely N-dealkylation sites (tertiary alicyclic amines) is 1. The summed E-state index contributed by atoms with van der Waals surface area (Å²) >= 11 is 0. The number of amides is 1. The molecule has 0 aromatic rings. The molecule has 3 aliphatic heterocycles. The van der Waals surface area contributed by atoms with Crippen molar-refractivity contribution in [3.8, 4) is 0 Å². The van der Waals surface area contributed by atoms with Crippen LogP contribution in [-0.2, 0) is 14.8 Å². The van der Waals surface area contributed by atoms with Gasteiger partial charge in [-0.25, -0.2) is 8.42 Å². The predicted octanol–water partition coefficient (Wildman–Crippen LogP) is 0.0698. The number of nitrogens with zero attached hydrogens (tertiary/aromatic N) is 3. The van der Waals surface area contributed by atoms with Crippen molar-refractivity contribution in [3.63, 3.8) is 0 Å². The molecule has 1 unspecified atom stereocenters. The fourth-order valence-corrected chi connectivity index (χ4v) is 4.03. The minimum Gasteiger partial charge on any atom is -0.338 e. The molecular formula is C15H22N4O3S. The van der Waals surface area contributed by atoms with Gasteiger partial charge in [0.15, 0.2) is 0 Å². The molecular weight excluding hydrogens is 316 g/mol. The van der Waals surface area contributed by atoms with Crippen molar-refractivity contribution >= 4 is 21.8 Å². The Morgan fingerprint density at radius 1 is 1.35 bits per heavy atom. The van der Waals surface area contributed by atoms with Gasteiger partial charge in [0.25, 0.3) is 15.9 Å². The van der Waals surface area contributed by atoms with E-state index in [4.69, 9.17) is 5.73 Å². The molecule has 0 radical (unpaired) electrons. The van der Waals surface area contributed by atoms with Gasteiger partial charge < -0.3 is 15.5 Å². The van der Waals surface area contributed by atoms with Crippen LogP contribution in [0.2, 0.25) is 0 Å². The lowest BCUT2D eigenvalue weighted by molar-refractivity contribution is -0.130. The number of hydrogen-bond donors (Lipinski definition) is 1. The van der Waals surface area contributed by atoms with Crippen molar-refractivity contribution in [2.24, 2.45) is 15.5 Å². The first-order valence-corrected chi connectivity index (χ1v) is 9.33. The van der Waals surface area contributed by atoms with Crippen LogP contribution >= 0.6 is 0 Å². The molecule has 0 bridgehead atoms. The molecule has 1 fully saturated rings. The Hall–Kier alpha value is -1.67. The van der Waals surface area contributed by atoms with Gasteiger partial charge in [0.1, 0.15) is 5.84 Å². The summed E-state index contributed by atoms with van der Waals surface area (Å²) in [6.45, 7) is 5.72. The number of hydrogen-bond acceptors (Lipinski definition) is 5. The zero-order chi connectivity index (χ0) is 16.8. The number of rotatable bonds is 1. The Morgan fingerprint density at radius 3 is 2.78 bits per heavy atom. The summed E-state index contributed by atoms with van der Waals surface area (Å²) in [5.41, 5.74) is 6.56. The fraction of sp³-hybridized carbons (Fsp3) is 0.600. The molecule has 7 nitrogen and oxygen atoms in total. The molecule has 1 saturated heterocycles. The third-order valence-electron chi connectivity index (χ3n) is 4.67. The van der Waals surface area contributed by atoms with Crippen molar-refractivity contribution in [2.75, 3.05) is 25.4 Å². The Labute approximate surface area is 136 Å². The van der Waals surface area contributed by atoms with Gasteiger partial charge in [-0.05, 0) is 24.0 Å². The van der Waals surface area contributed by atoms with E-state index in [9.17, 15) is 13.2 Å². The molecule has 0 aromatic heterocycles. The van der Waals surface area contributed by atoms with Gasteiger partial charge >= 0.3 is 0 Å². The average molecular weight is 338 g/mol. The highest BCUT2D eigenvalue weighted by atomic mass is 32.2. The molecule has 0 aliphatic carbocycles. The maximum Gasteiger partial charge on any atom is 0.256 e. The van der Waals surface area contributed by atoms with Crippen LogP contribution < -0.4 is 5.73 Å². The lowest BCUT2D eigenvalue weighted by Gasteiger charge is -2.43. The number of carbonyl (C=O) groups excluding carboxylic acids is 1. The van der Waals surface area contributed by atoms with Crippen LogP contribution in [0.3, 0.4) is 0 Å². The van der Waals surface area contributed by atoms with Gasteiger partial charge in [-0.2, -0.15) is 0 Å². The number of nitrogens with two attached hydrogens (primary N) is 1. The van der Waals surface area contributed by atoms with E-state index in [0.717, 1.165) is 6.42 Å². The van der Waals surface area contributed by atoms with Gasteiger partial charge in [0, 0.05) is 31.9 Å². The molecule has 3 aliphatic rings. The lowest BCUT2D eigenvalue weighted by Crippen LogP contribution is -2.54. The normalized spacial score (nSPS) is 28.7. The topological polar surface area (TPSA) is 96.1 Å². The van der Waals surface area contributed by atoms with Gasteiger partial charge in [-0.1, -0.05) is 13.8 Å². The largest absolute Gasteiger partial charge is 0.338 e. The minimum atomic E-state index is -3.38. The summed E-state index contributed by atoms with van der Waals surface area (Å²) in [5, 5.41) is 0. The second-order valence-electron chi connectivity index (χ2n) is 6.96. The second-order valence-corrected chi connectivity index (χ2v) is 8.71. The molecule has 0 spiro atoms. The molecule has 23 heavy (non-hydrogen) atoms. The second kappa shape index (κ2) is 5.45. The molecule has 1 amide bonds. The highest BCUT2D eigenvalue weighted by Crippen LogP contribution is 2.29. The zero-order valence-corrected chi connectivity index (χ0v) is 14.2. The van der Waals surface area contributed by atoms with E-state index in [1.807, 2.05) is 4.90 Å². The summed E-state index contributed by atoms with van der Waals surface area (Å²) in [5.74, 6) is 0.288. The summed E-state index contributed by atoms with van der Waals surface area (Å²) in [6.07, 6.45) is 5.70. The SMILES string of the molecule is CC1(C)CN(C(=O)C2=CN3CCS(=O)(=O)N=C3C=C2)CCC1N.